The molecule has 0 spiro atoms. The second kappa shape index (κ2) is 11.5. The van der Waals surface area contributed by atoms with Gasteiger partial charge in [0.25, 0.3) is 0 Å². The van der Waals surface area contributed by atoms with E-state index in [9.17, 15) is 22.4 Å². The third-order valence-corrected chi connectivity index (χ3v) is 8.96. The first-order valence-electron chi connectivity index (χ1n) is 14.6. The summed E-state index contributed by atoms with van der Waals surface area (Å²) >= 11 is 0. The number of carbonyl (C=O) groups excluding carboxylic acids is 1. The number of anilines is 1. The highest BCUT2D eigenvalue weighted by Gasteiger charge is 2.35. The third-order valence-electron chi connectivity index (χ3n) is 8.96. The van der Waals surface area contributed by atoms with Gasteiger partial charge in [-0.05, 0) is 57.7 Å². The largest absolute Gasteiger partial charge is 0.419 e. The summed E-state index contributed by atoms with van der Waals surface area (Å²) < 4.78 is 55.5. The summed E-state index contributed by atoms with van der Waals surface area (Å²) in [4.78, 5) is 28.8. The second-order valence-corrected chi connectivity index (χ2v) is 11.4. The van der Waals surface area contributed by atoms with Crippen molar-refractivity contribution in [3.8, 4) is 0 Å². The average Bonchev–Trinajstić information content (AvgIpc) is 3.41. The van der Waals surface area contributed by atoms with E-state index in [0.29, 0.717) is 49.1 Å². The Bertz CT molecular complexity index is 1370. The van der Waals surface area contributed by atoms with Gasteiger partial charge in [-0.1, -0.05) is 18.6 Å². The van der Waals surface area contributed by atoms with Crippen molar-refractivity contribution in [1.29, 1.82) is 0 Å². The summed E-state index contributed by atoms with van der Waals surface area (Å²) in [6, 6.07) is 3.86. The van der Waals surface area contributed by atoms with Gasteiger partial charge >= 0.3 is 6.18 Å². The van der Waals surface area contributed by atoms with Crippen LogP contribution in [0.25, 0.3) is 11.0 Å². The Morgan fingerprint density at radius 3 is 2.37 bits per heavy atom. The zero-order valence-corrected chi connectivity index (χ0v) is 23.0. The average molecular weight is 574 g/mol. The van der Waals surface area contributed by atoms with Crippen LogP contribution in [0.2, 0.25) is 0 Å². The summed E-state index contributed by atoms with van der Waals surface area (Å²) in [5.74, 6) is -0.299. The van der Waals surface area contributed by atoms with Crippen LogP contribution < -0.4 is 4.90 Å². The SMILES string of the molecule is O=C(C1CCC(N2CCCCC2)CC1)N1CCN(c2ncnc3c2cnn3Cc2cccc(C(F)(F)F)c2F)CC1. The minimum Gasteiger partial charge on any atom is -0.352 e. The minimum absolute atomic E-state index is 0.0998. The number of piperidine rings is 1. The van der Waals surface area contributed by atoms with E-state index in [0.717, 1.165) is 31.7 Å². The van der Waals surface area contributed by atoms with Crippen molar-refractivity contribution in [2.45, 2.75) is 63.7 Å². The summed E-state index contributed by atoms with van der Waals surface area (Å²) in [5, 5.41) is 4.93. The molecule has 1 saturated carbocycles. The highest BCUT2D eigenvalue weighted by molar-refractivity contribution is 5.87. The number of halogens is 4. The first kappa shape index (κ1) is 27.9. The Hall–Kier alpha value is -3.28. The van der Waals surface area contributed by atoms with Crippen molar-refractivity contribution in [1.82, 2.24) is 29.5 Å². The molecule has 220 valence electrons. The van der Waals surface area contributed by atoms with Crippen LogP contribution in [0, 0.1) is 11.7 Å². The Balaban J connectivity index is 1.08. The van der Waals surface area contributed by atoms with Gasteiger partial charge in [-0.15, -0.1) is 0 Å². The summed E-state index contributed by atoms with van der Waals surface area (Å²) in [7, 11) is 0. The number of hydrogen-bond acceptors (Lipinski definition) is 6. The molecular weight excluding hydrogens is 538 g/mol. The minimum atomic E-state index is -4.78. The number of alkyl halides is 3. The zero-order chi connectivity index (χ0) is 28.6. The molecule has 3 aliphatic rings. The van der Waals surface area contributed by atoms with E-state index in [1.54, 1.807) is 6.20 Å². The highest BCUT2D eigenvalue weighted by atomic mass is 19.4. The van der Waals surface area contributed by atoms with E-state index in [-0.39, 0.29) is 23.9 Å². The van der Waals surface area contributed by atoms with Gasteiger partial charge in [0.2, 0.25) is 5.91 Å². The molecule has 0 N–H and O–H groups in total. The molecule has 0 unspecified atom stereocenters. The molecule has 3 aromatic rings. The lowest BCUT2D eigenvalue weighted by molar-refractivity contribution is -0.140. The molecule has 1 aliphatic carbocycles. The number of hydrogen-bond donors (Lipinski definition) is 0. The number of carbonyl (C=O) groups is 1. The van der Waals surface area contributed by atoms with Gasteiger partial charge in [0.1, 0.15) is 18.0 Å². The number of aromatic nitrogens is 4. The summed E-state index contributed by atoms with van der Waals surface area (Å²) in [5.41, 5.74) is -1.01. The Morgan fingerprint density at radius 2 is 1.66 bits per heavy atom. The van der Waals surface area contributed by atoms with Crippen molar-refractivity contribution in [2.75, 3.05) is 44.2 Å². The number of nitrogens with zero attached hydrogens (tertiary/aromatic N) is 7. The quantitative estimate of drug-likeness (QED) is 0.412. The van der Waals surface area contributed by atoms with Gasteiger partial charge < -0.3 is 14.7 Å². The highest BCUT2D eigenvalue weighted by Crippen LogP contribution is 2.34. The normalized spacial score (nSPS) is 22.8. The molecule has 3 fully saturated rings. The van der Waals surface area contributed by atoms with Crippen LogP contribution >= 0.6 is 0 Å². The van der Waals surface area contributed by atoms with E-state index in [1.165, 1.54) is 55.5 Å². The number of piperazine rings is 1. The lowest BCUT2D eigenvalue weighted by atomic mass is 9.83. The first-order valence-corrected chi connectivity index (χ1v) is 14.6. The molecule has 8 nitrogen and oxygen atoms in total. The fourth-order valence-corrected chi connectivity index (χ4v) is 6.70. The van der Waals surface area contributed by atoms with Gasteiger partial charge in [0.05, 0.1) is 23.7 Å². The van der Waals surface area contributed by atoms with Crippen molar-refractivity contribution in [3.05, 3.63) is 47.7 Å². The Labute approximate surface area is 236 Å². The number of benzene rings is 1. The molecule has 1 amide bonds. The van der Waals surface area contributed by atoms with Crippen LogP contribution in [0.4, 0.5) is 23.4 Å². The van der Waals surface area contributed by atoms with Crippen molar-refractivity contribution in [2.24, 2.45) is 5.92 Å². The maximum Gasteiger partial charge on any atom is 0.419 e. The van der Waals surface area contributed by atoms with Crippen LogP contribution in [0.1, 0.15) is 56.1 Å². The standard InChI is InChI=1S/C29H35F4N7O/c30-25-21(5-4-6-24(25)29(31,32)33)18-40-27-23(17-36-40)26(34-19-35-27)38-13-15-39(16-14-38)28(41)20-7-9-22(10-8-20)37-11-2-1-3-12-37/h4-6,17,19-20,22H,1-3,7-16,18H2. The third kappa shape index (κ3) is 5.75. The fourth-order valence-electron chi connectivity index (χ4n) is 6.70. The van der Waals surface area contributed by atoms with Crippen LogP contribution in [0.15, 0.2) is 30.7 Å². The van der Waals surface area contributed by atoms with Gasteiger partial charge in [-0.2, -0.15) is 18.3 Å². The van der Waals surface area contributed by atoms with Gasteiger partial charge in [0, 0.05) is 43.7 Å². The van der Waals surface area contributed by atoms with Crippen molar-refractivity contribution < 1.29 is 22.4 Å². The maximum atomic E-state index is 14.6. The molecular formula is C29H35F4N7O. The Morgan fingerprint density at radius 1 is 0.927 bits per heavy atom. The van der Waals surface area contributed by atoms with Gasteiger partial charge in [-0.25, -0.2) is 19.0 Å². The van der Waals surface area contributed by atoms with E-state index >= 15 is 0 Å². The molecule has 2 aliphatic heterocycles. The molecule has 6 rings (SSSR count). The van der Waals surface area contributed by atoms with Gasteiger partial charge in [0.15, 0.2) is 5.65 Å². The number of amides is 1. The van der Waals surface area contributed by atoms with Gasteiger partial charge in [-0.3, -0.25) is 4.79 Å². The number of fused-ring (bicyclic) bond motifs is 1. The topological polar surface area (TPSA) is 70.4 Å². The summed E-state index contributed by atoms with van der Waals surface area (Å²) in [6.07, 6.45) is 6.19. The lowest BCUT2D eigenvalue weighted by Gasteiger charge is -2.41. The predicted octanol–water partition coefficient (Wildman–Crippen LogP) is 4.73. The number of rotatable bonds is 5. The Kier molecular flexibility index (Phi) is 7.84. The maximum absolute atomic E-state index is 14.6. The van der Waals surface area contributed by atoms with Crippen LogP contribution in [0.5, 0.6) is 0 Å². The first-order chi connectivity index (χ1) is 19.8. The molecule has 2 saturated heterocycles. The molecule has 0 atom stereocenters. The molecule has 1 aromatic carbocycles. The van der Waals surface area contributed by atoms with Crippen LogP contribution in [0.3, 0.4) is 0 Å². The smallest absolute Gasteiger partial charge is 0.352 e. The van der Waals surface area contributed by atoms with Crippen LogP contribution in [-0.4, -0.2) is 80.8 Å². The molecule has 0 bridgehead atoms. The molecule has 2 aromatic heterocycles. The monoisotopic (exact) mass is 573 g/mol. The molecule has 41 heavy (non-hydrogen) atoms. The fraction of sp³-hybridized carbons (Fsp3) is 0.586. The van der Waals surface area contributed by atoms with E-state index in [1.807, 2.05) is 4.90 Å². The van der Waals surface area contributed by atoms with E-state index < -0.39 is 17.6 Å². The second-order valence-electron chi connectivity index (χ2n) is 11.4. The summed E-state index contributed by atoms with van der Waals surface area (Å²) in [6.45, 7) is 4.60. The van der Waals surface area contributed by atoms with E-state index in [4.69, 9.17) is 0 Å². The predicted molar refractivity (Wildman–Crippen MR) is 146 cm³/mol. The lowest BCUT2D eigenvalue weighted by Crippen LogP contribution is -2.51. The number of likely N-dealkylation sites (tertiary alicyclic amines) is 1. The van der Waals surface area contributed by atoms with Crippen molar-refractivity contribution >= 4 is 22.8 Å². The molecule has 12 heteroatoms. The zero-order valence-electron chi connectivity index (χ0n) is 23.0. The van der Waals surface area contributed by atoms with Crippen molar-refractivity contribution in [3.63, 3.8) is 0 Å². The van der Waals surface area contributed by atoms with E-state index in [2.05, 4.69) is 24.9 Å². The van der Waals surface area contributed by atoms with Crippen LogP contribution in [-0.2, 0) is 17.5 Å². The molecule has 0 radical (unpaired) electrons. The molecule has 4 heterocycles.